The highest BCUT2D eigenvalue weighted by molar-refractivity contribution is 7.09. The summed E-state index contributed by atoms with van der Waals surface area (Å²) in [6, 6.07) is 4.37. The van der Waals surface area contributed by atoms with Gasteiger partial charge < -0.3 is 10.1 Å². The lowest BCUT2D eigenvalue weighted by Crippen LogP contribution is -2.20. The molecule has 0 aromatic carbocycles. The molecule has 0 radical (unpaired) electrons. The van der Waals surface area contributed by atoms with E-state index in [1.54, 1.807) is 7.11 Å². The Bertz CT molecular complexity index is 236. The van der Waals surface area contributed by atoms with Gasteiger partial charge in [0.15, 0.2) is 0 Å². The van der Waals surface area contributed by atoms with E-state index in [9.17, 15) is 0 Å². The summed E-state index contributed by atoms with van der Waals surface area (Å²) >= 11 is 1.87. The highest BCUT2D eigenvalue weighted by Gasteiger charge is 1.94. The van der Waals surface area contributed by atoms with E-state index in [1.807, 2.05) is 11.3 Å². The van der Waals surface area contributed by atoms with E-state index in [-0.39, 0.29) is 0 Å². The van der Waals surface area contributed by atoms with Crippen molar-refractivity contribution in [2.75, 3.05) is 26.8 Å². The molecule has 0 saturated heterocycles. The predicted octanol–water partition coefficient (Wildman–Crippen LogP) is 3.09. The fourth-order valence-electron chi connectivity index (χ4n) is 1.66. The molecule has 0 aliphatic carbocycles. The summed E-state index contributed by atoms with van der Waals surface area (Å²) in [7, 11) is 1.74. The van der Waals surface area contributed by atoms with Crippen LogP contribution in [0.25, 0.3) is 0 Å². The molecule has 0 spiro atoms. The molecule has 0 atom stereocenters. The Morgan fingerprint density at radius 3 is 2.81 bits per heavy atom. The molecular weight excluding hydrogens is 218 g/mol. The zero-order chi connectivity index (χ0) is 11.5. The maximum absolute atomic E-state index is 4.97. The minimum absolute atomic E-state index is 0.818. The smallest absolute Gasteiger partial charge is 0.0587 e. The van der Waals surface area contributed by atoms with Gasteiger partial charge in [0.1, 0.15) is 0 Å². The Morgan fingerprint density at radius 2 is 2.06 bits per heavy atom. The first-order valence-corrected chi connectivity index (χ1v) is 7.03. The third-order valence-corrected chi connectivity index (χ3v) is 3.53. The third kappa shape index (κ3) is 6.99. The lowest BCUT2D eigenvalue weighted by Gasteiger charge is -2.03. The largest absolute Gasteiger partial charge is 0.383 e. The molecule has 92 valence electrons. The number of hydrogen-bond acceptors (Lipinski definition) is 3. The molecule has 0 saturated carbocycles. The quantitative estimate of drug-likeness (QED) is 0.636. The van der Waals surface area contributed by atoms with Crippen LogP contribution >= 0.6 is 11.3 Å². The van der Waals surface area contributed by atoms with Crippen LogP contribution in [0.3, 0.4) is 0 Å². The van der Waals surface area contributed by atoms with Gasteiger partial charge in [-0.3, -0.25) is 0 Å². The second-order valence-corrected chi connectivity index (χ2v) is 5.02. The van der Waals surface area contributed by atoms with E-state index in [1.165, 1.54) is 37.0 Å². The molecule has 1 heterocycles. The van der Waals surface area contributed by atoms with Crippen molar-refractivity contribution in [2.45, 2.75) is 32.1 Å². The number of rotatable bonds is 10. The van der Waals surface area contributed by atoms with Crippen LogP contribution in [-0.2, 0) is 11.2 Å². The van der Waals surface area contributed by atoms with Crippen molar-refractivity contribution in [3.8, 4) is 0 Å². The molecular formula is C13H23NOS. The van der Waals surface area contributed by atoms with Gasteiger partial charge in [-0.05, 0) is 37.3 Å². The Balaban J connectivity index is 1.78. The van der Waals surface area contributed by atoms with Gasteiger partial charge in [0, 0.05) is 18.5 Å². The van der Waals surface area contributed by atoms with Gasteiger partial charge in [-0.25, -0.2) is 0 Å². The maximum atomic E-state index is 4.97. The molecule has 1 aromatic rings. The topological polar surface area (TPSA) is 21.3 Å². The predicted molar refractivity (Wildman–Crippen MR) is 71.2 cm³/mol. The fraction of sp³-hybridized carbons (Fsp3) is 0.692. The number of hydrogen-bond donors (Lipinski definition) is 1. The SMILES string of the molecule is COCCNCCCCCCc1cccs1. The Labute approximate surface area is 103 Å². The third-order valence-electron chi connectivity index (χ3n) is 2.59. The molecule has 0 unspecified atom stereocenters. The van der Waals surface area contributed by atoms with Gasteiger partial charge in [0.05, 0.1) is 6.61 Å². The van der Waals surface area contributed by atoms with Crippen LogP contribution in [0, 0.1) is 0 Å². The highest BCUT2D eigenvalue weighted by atomic mass is 32.1. The molecule has 2 nitrogen and oxygen atoms in total. The molecule has 3 heteroatoms. The summed E-state index contributed by atoms with van der Waals surface area (Å²) in [4.78, 5) is 1.53. The van der Waals surface area contributed by atoms with Crippen molar-refractivity contribution in [3.05, 3.63) is 22.4 Å². The first-order chi connectivity index (χ1) is 7.93. The van der Waals surface area contributed by atoms with Crippen molar-refractivity contribution in [1.29, 1.82) is 0 Å². The van der Waals surface area contributed by atoms with E-state index in [4.69, 9.17) is 4.74 Å². The Hall–Kier alpha value is -0.380. The van der Waals surface area contributed by atoms with E-state index in [0.717, 1.165) is 19.7 Å². The van der Waals surface area contributed by atoms with Gasteiger partial charge in [-0.2, -0.15) is 0 Å². The second kappa shape index (κ2) is 9.82. The van der Waals surface area contributed by atoms with Gasteiger partial charge in [-0.15, -0.1) is 11.3 Å². The monoisotopic (exact) mass is 241 g/mol. The molecule has 0 fully saturated rings. The summed E-state index contributed by atoms with van der Waals surface area (Å²) < 4.78 is 4.97. The first kappa shape index (κ1) is 13.7. The van der Waals surface area contributed by atoms with E-state index < -0.39 is 0 Å². The zero-order valence-electron chi connectivity index (χ0n) is 10.2. The molecule has 0 amide bonds. The number of thiophene rings is 1. The summed E-state index contributed by atoms with van der Waals surface area (Å²) in [5.41, 5.74) is 0. The Morgan fingerprint density at radius 1 is 1.19 bits per heavy atom. The van der Waals surface area contributed by atoms with Crippen LogP contribution in [0.4, 0.5) is 0 Å². The van der Waals surface area contributed by atoms with Crippen molar-refractivity contribution in [3.63, 3.8) is 0 Å². The zero-order valence-corrected chi connectivity index (χ0v) is 11.0. The van der Waals surface area contributed by atoms with Crippen LogP contribution in [0.5, 0.6) is 0 Å². The van der Waals surface area contributed by atoms with Crippen LogP contribution in [0.2, 0.25) is 0 Å². The number of ether oxygens (including phenoxy) is 1. The van der Waals surface area contributed by atoms with Crippen molar-refractivity contribution in [2.24, 2.45) is 0 Å². The minimum atomic E-state index is 0.818. The van der Waals surface area contributed by atoms with Gasteiger partial charge in [0.25, 0.3) is 0 Å². The standard InChI is InChI=1S/C13H23NOS/c1-15-11-10-14-9-5-3-2-4-7-13-8-6-12-16-13/h6,8,12,14H,2-5,7,9-11H2,1H3. The molecule has 1 N–H and O–H groups in total. The molecule has 16 heavy (non-hydrogen) atoms. The molecule has 1 rings (SSSR count). The summed E-state index contributed by atoms with van der Waals surface area (Å²) in [6.07, 6.45) is 6.57. The van der Waals surface area contributed by atoms with Crippen molar-refractivity contribution >= 4 is 11.3 Å². The minimum Gasteiger partial charge on any atom is -0.383 e. The van der Waals surface area contributed by atoms with Crippen molar-refractivity contribution < 1.29 is 4.74 Å². The molecule has 0 aliphatic rings. The molecule has 0 aliphatic heterocycles. The number of methoxy groups -OCH3 is 1. The molecule has 0 bridgehead atoms. The normalized spacial score (nSPS) is 10.8. The summed E-state index contributed by atoms with van der Waals surface area (Å²) in [5.74, 6) is 0. The molecule has 1 aromatic heterocycles. The lowest BCUT2D eigenvalue weighted by molar-refractivity contribution is 0.199. The van der Waals surface area contributed by atoms with Crippen LogP contribution < -0.4 is 5.32 Å². The number of aryl methyl sites for hydroxylation is 1. The number of unbranched alkanes of at least 4 members (excludes halogenated alkanes) is 3. The van der Waals surface area contributed by atoms with Crippen molar-refractivity contribution in [1.82, 2.24) is 5.32 Å². The lowest BCUT2D eigenvalue weighted by atomic mass is 10.1. The van der Waals surface area contributed by atoms with E-state index >= 15 is 0 Å². The van der Waals surface area contributed by atoms with Gasteiger partial charge in [-0.1, -0.05) is 18.9 Å². The average Bonchev–Trinajstić information content (AvgIpc) is 2.80. The summed E-state index contributed by atoms with van der Waals surface area (Å²) in [5, 5.41) is 5.53. The van der Waals surface area contributed by atoms with E-state index in [2.05, 4.69) is 22.8 Å². The average molecular weight is 241 g/mol. The first-order valence-electron chi connectivity index (χ1n) is 6.15. The van der Waals surface area contributed by atoms with Gasteiger partial charge >= 0.3 is 0 Å². The van der Waals surface area contributed by atoms with Crippen LogP contribution in [-0.4, -0.2) is 26.8 Å². The van der Waals surface area contributed by atoms with Crippen LogP contribution in [0.1, 0.15) is 30.6 Å². The Kier molecular flexibility index (Phi) is 8.40. The van der Waals surface area contributed by atoms with E-state index in [0.29, 0.717) is 0 Å². The van der Waals surface area contributed by atoms with Crippen LogP contribution in [0.15, 0.2) is 17.5 Å². The fourth-order valence-corrected chi connectivity index (χ4v) is 2.41. The highest BCUT2D eigenvalue weighted by Crippen LogP contribution is 2.12. The van der Waals surface area contributed by atoms with Gasteiger partial charge in [0.2, 0.25) is 0 Å². The number of nitrogens with one attached hydrogen (secondary N) is 1. The maximum Gasteiger partial charge on any atom is 0.0587 e. The summed E-state index contributed by atoms with van der Waals surface area (Å²) in [6.45, 7) is 2.92. The second-order valence-electron chi connectivity index (χ2n) is 3.99.